The van der Waals surface area contributed by atoms with E-state index in [-0.39, 0.29) is 5.91 Å². The number of anilines is 1. The highest BCUT2D eigenvalue weighted by atomic mass is 32.1. The summed E-state index contributed by atoms with van der Waals surface area (Å²) in [6.45, 7) is 0. The Morgan fingerprint density at radius 3 is 2.75 bits per heavy atom. The first kappa shape index (κ1) is 14.8. The van der Waals surface area contributed by atoms with Gasteiger partial charge in [-0.1, -0.05) is 25.1 Å². The van der Waals surface area contributed by atoms with Gasteiger partial charge in [-0.05, 0) is 37.0 Å². The van der Waals surface area contributed by atoms with E-state index in [1.807, 2.05) is 0 Å². The van der Waals surface area contributed by atoms with Gasteiger partial charge in [0.05, 0.1) is 12.8 Å². The van der Waals surface area contributed by atoms with Crippen molar-refractivity contribution in [3.63, 3.8) is 0 Å². The van der Waals surface area contributed by atoms with Gasteiger partial charge < -0.3 is 15.8 Å². The number of carbonyl (C=O) groups is 1. The maximum atomic E-state index is 12.0. The monoisotopic (exact) mass is 292 g/mol. The molecule has 0 aromatic heterocycles. The predicted octanol–water partition coefficient (Wildman–Crippen LogP) is 2.85. The van der Waals surface area contributed by atoms with Crippen LogP contribution in [-0.2, 0) is 4.79 Å². The number of rotatable bonds is 5. The van der Waals surface area contributed by atoms with Gasteiger partial charge in [0.15, 0.2) is 0 Å². The Morgan fingerprint density at radius 2 is 2.15 bits per heavy atom. The first-order chi connectivity index (χ1) is 9.60. The number of benzene rings is 1. The molecule has 1 aliphatic carbocycles. The summed E-state index contributed by atoms with van der Waals surface area (Å²) in [4.78, 5) is 12.4. The molecular formula is C15H20N2O2S. The zero-order valence-corrected chi connectivity index (χ0v) is 12.5. The zero-order chi connectivity index (χ0) is 14.5. The van der Waals surface area contributed by atoms with Gasteiger partial charge in [0, 0.05) is 12.0 Å². The number of hydrogen-bond acceptors (Lipinski definition) is 3. The highest BCUT2D eigenvalue weighted by molar-refractivity contribution is 7.80. The van der Waals surface area contributed by atoms with Gasteiger partial charge in [-0.25, -0.2) is 0 Å². The molecule has 0 bridgehead atoms. The fourth-order valence-electron chi connectivity index (χ4n) is 2.63. The highest BCUT2D eigenvalue weighted by Gasteiger charge is 2.19. The van der Waals surface area contributed by atoms with Crippen LogP contribution in [0.1, 0.15) is 37.7 Å². The Balaban J connectivity index is 2.04. The van der Waals surface area contributed by atoms with Crippen LogP contribution in [0.5, 0.6) is 5.75 Å². The van der Waals surface area contributed by atoms with Crippen LogP contribution < -0.4 is 15.8 Å². The Kier molecular flexibility index (Phi) is 4.95. The second kappa shape index (κ2) is 6.70. The Bertz CT molecular complexity index is 511. The van der Waals surface area contributed by atoms with Crippen LogP contribution in [0.25, 0.3) is 0 Å². The van der Waals surface area contributed by atoms with E-state index >= 15 is 0 Å². The summed E-state index contributed by atoms with van der Waals surface area (Å²) in [6.07, 6.45) is 5.38. The molecule has 1 aromatic carbocycles. The smallest absolute Gasteiger partial charge is 0.224 e. The van der Waals surface area contributed by atoms with E-state index in [9.17, 15) is 4.79 Å². The SMILES string of the molecule is COc1cc(C(N)=S)ccc1NC(=O)CC1CCCC1. The molecule has 1 fully saturated rings. The Labute approximate surface area is 124 Å². The van der Waals surface area contributed by atoms with Crippen molar-refractivity contribution in [1.82, 2.24) is 0 Å². The lowest BCUT2D eigenvalue weighted by molar-refractivity contribution is -0.117. The molecular weight excluding hydrogens is 272 g/mol. The molecule has 0 saturated heterocycles. The van der Waals surface area contributed by atoms with Crippen LogP contribution in [-0.4, -0.2) is 18.0 Å². The van der Waals surface area contributed by atoms with Crippen LogP contribution in [0.3, 0.4) is 0 Å². The van der Waals surface area contributed by atoms with Crippen molar-refractivity contribution in [2.45, 2.75) is 32.1 Å². The topological polar surface area (TPSA) is 64.3 Å². The molecule has 0 radical (unpaired) electrons. The minimum absolute atomic E-state index is 0.0401. The van der Waals surface area contributed by atoms with Crippen molar-refractivity contribution in [3.8, 4) is 5.75 Å². The number of carbonyl (C=O) groups excluding carboxylic acids is 1. The van der Waals surface area contributed by atoms with Crippen molar-refractivity contribution in [2.75, 3.05) is 12.4 Å². The lowest BCUT2D eigenvalue weighted by Gasteiger charge is -2.13. The van der Waals surface area contributed by atoms with Gasteiger partial charge in [-0.15, -0.1) is 0 Å². The quantitative estimate of drug-likeness (QED) is 0.819. The summed E-state index contributed by atoms with van der Waals surface area (Å²) in [5.41, 5.74) is 6.98. The first-order valence-electron chi connectivity index (χ1n) is 6.88. The van der Waals surface area contributed by atoms with Gasteiger partial charge in [0.25, 0.3) is 0 Å². The minimum atomic E-state index is 0.0401. The average molecular weight is 292 g/mol. The molecule has 2 rings (SSSR count). The Morgan fingerprint density at radius 1 is 1.45 bits per heavy atom. The summed E-state index contributed by atoms with van der Waals surface area (Å²) in [5, 5.41) is 2.91. The first-order valence-corrected chi connectivity index (χ1v) is 7.28. The minimum Gasteiger partial charge on any atom is -0.495 e. The molecule has 0 spiro atoms. The molecule has 0 unspecified atom stereocenters. The summed E-state index contributed by atoms with van der Waals surface area (Å²) < 4.78 is 5.28. The van der Waals surface area contributed by atoms with Gasteiger partial charge in [-0.3, -0.25) is 4.79 Å². The van der Waals surface area contributed by atoms with Crippen molar-refractivity contribution in [2.24, 2.45) is 11.7 Å². The van der Waals surface area contributed by atoms with E-state index in [1.54, 1.807) is 25.3 Å². The van der Waals surface area contributed by atoms with E-state index in [1.165, 1.54) is 12.8 Å². The number of nitrogens with one attached hydrogen (secondary N) is 1. The second-order valence-electron chi connectivity index (χ2n) is 5.18. The average Bonchev–Trinajstić information content (AvgIpc) is 2.91. The fraction of sp³-hybridized carbons (Fsp3) is 0.467. The number of amides is 1. The lowest BCUT2D eigenvalue weighted by Crippen LogP contribution is -2.16. The zero-order valence-electron chi connectivity index (χ0n) is 11.6. The molecule has 1 aliphatic rings. The van der Waals surface area contributed by atoms with Crippen LogP contribution in [0.2, 0.25) is 0 Å². The fourth-order valence-corrected chi connectivity index (χ4v) is 2.75. The largest absolute Gasteiger partial charge is 0.495 e. The molecule has 0 heterocycles. The molecule has 0 aliphatic heterocycles. The van der Waals surface area contributed by atoms with Crippen LogP contribution in [0.15, 0.2) is 18.2 Å². The third-order valence-corrected chi connectivity index (χ3v) is 3.94. The standard InChI is InChI=1S/C15H20N2O2S/c1-19-13-9-11(15(16)20)6-7-12(13)17-14(18)8-10-4-2-3-5-10/h6-7,9-10H,2-5,8H2,1H3,(H2,16,20)(H,17,18). The summed E-state index contributed by atoms with van der Waals surface area (Å²) in [6, 6.07) is 5.31. The van der Waals surface area contributed by atoms with E-state index in [0.29, 0.717) is 28.8 Å². The number of hydrogen-bond donors (Lipinski definition) is 2. The molecule has 108 valence electrons. The summed E-state index contributed by atoms with van der Waals surface area (Å²) >= 11 is 4.93. The van der Waals surface area contributed by atoms with Crippen molar-refractivity contribution >= 4 is 28.8 Å². The van der Waals surface area contributed by atoms with E-state index in [2.05, 4.69) is 5.32 Å². The maximum Gasteiger partial charge on any atom is 0.224 e. The van der Waals surface area contributed by atoms with E-state index in [4.69, 9.17) is 22.7 Å². The molecule has 3 N–H and O–H groups in total. The highest BCUT2D eigenvalue weighted by Crippen LogP contribution is 2.29. The molecule has 20 heavy (non-hydrogen) atoms. The molecule has 0 atom stereocenters. The number of nitrogens with two attached hydrogens (primary N) is 1. The third-order valence-electron chi connectivity index (χ3n) is 3.71. The number of methoxy groups -OCH3 is 1. The second-order valence-corrected chi connectivity index (χ2v) is 5.62. The maximum absolute atomic E-state index is 12.0. The van der Waals surface area contributed by atoms with Gasteiger partial charge >= 0.3 is 0 Å². The molecule has 5 heteroatoms. The number of ether oxygens (including phenoxy) is 1. The van der Waals surface area contributed by atoms with E-state index < -0.39 is 0 Å². The van der Waals surface area contributed by atoms with Crippen LogP contribution in [0.4, 0.5) is 5.69 Å². The van der Waals surface area contributed by atoms with Gasteiger partial charge in [0.1, 0.15) is 10.7 Å². The third kappa shape index (κ3) is 3.70. The molecule has 1 amide bonds. The molecule has 1 aromatic rings. The lowest BCUT2D eigenvalue weighted by atomic mass is 10.0. The van der Waals surface area contributed by atoms with Crippen LogP contribution in [0, 0.1) is 5.92 Å². The van der Waals surface area contributed by atoms with Crippen molar-refractivity contribution in [3.05, 3.63) is 23.8 Å². The van der Waals surface area contributed by atoms with E-state index in [0.717, 1.165) is 18.4 Å². The number of thiocarbonyl (C=S) groups is 1. The van der Waals surface area contributed by atoms with Crippen LogP contribution >= 0.6 is 12.2 Å². The summed E-state index contributed by atoms with van der Waals surface area (Å²) in [7, 11) is 1.56. The van der Waals surface area contributed by atoms with Crippen molar-refractivity contribution < 1.29 is 9.53 Å². The predicted molar refractivity (Wildman–Crippen MR) is 84.1 cm³/mol. The van der Waals surface area contributed by atoms with Gasteiger partial charge in [0.2, 0.25) is 5.91 Å². The molecule has 4 nitrogen and oxygen atoms in total. The van der Waals surface area contributed by atoms with Crippen molar-refractivity contribution in [1.29, 1.82) is 0 Å². The molecule has 1 saturated carbocycles. The Hall–Kier alpha value is -1.62. The summed E-state index contributed by atoms with van der Waals surface area (Å²) in [5.74, 6) is 1.14. The normalized spacial score (nSPS) is 15.1. The van der Waals surface area contributed by atoms with Gasteiger partial charge in [-0.2, -0.15) is 0 Å².